The molecular formula is C13H18ClNO. The Morgan fingerprint density at radius 1 is 1.44 bits per heavy atom. The number of rotatable bonds is 3. The number of hydrogen-bond donors (Lipinski definition) is 1. The van der Waals surface area contributed by atoms with E-state index in [1.165, 1.54) is 5.56 Å². The van der Waals surface area contributed by atoms with Crippen molar-refractivity contribution >= 4 is 11.6 Å². The minimum atomic E-state index is 0.458. The number of halogens is 1. The molecule has 1 saturated heterocycles. The molecule has 3 heteroatoms. The molecule has 1 aliphatic rings. The molecule has 1 aliphatic heterocycles. The first-order valence-corrected chi connectivity index (χ1v) is 6.16. The largest absolute Gasteiger partial charge is 0.383 e. The van der Waals surface area contributed by atoms with Crippen molar-refractivity contribution in [2.75, 3.05) is 20.3 Å². The molecule has 0 spiro atoms. The van der Waals surface area contributed by atoms with E-state index in [-0.39, 0.29) is 0 Å². The van der Waals surface area contributed by atoms with Crippen molar-refractivity contribution in [3.8, 4) is 0 Å². The molecule has 2 nitrogen and oxygen atoms in total. The summed E-state index contributed by atoms with van der Waals surface area (Å²) in [6.45, 7) is 1.82. The SMILES string of the molecule is COCC1CC(c2ccccc2Cl)CCN1. The van der Waals surface area contributed by atoms with Crippen LogP contribution in [0.5, 0.6) is 0 Å². The smallest absolute Gasteiger partial charge is 0.0616 e. The third-order valence-corrected chi connectivity index (χ3v) is 3.55. The summed E-state index contributed by atoms with van der Waals surface area (Å²) in [7, 11) is 1.75. The van der Waals surface area contributed by atoms with Gasteiger partial charge in [-0.2, -0.15) is 0 Å². The van der Waals surface area contributed by atoms with Crippen LogP contribution in [0.25, 0.3) is 0 Å². The van der Waals surface area contributed by atoms with E-state index in [4.69, 9.17) is 16.3 Å². The molecule has 2 unspecified atom stereocenters. The molecular weight excluding hydrogens is 222 g/mol. The Balaban J connectivity index is 2.07. The predicted molar refractivity (Wildman–Crippen MR) is 67.1 cm³/mol. The van der Waals surface area contributed by atoms with Crippen LogP contribution in [0.15, 0.2) is 24.3 Å². The molecule has 0 amide bonds. The third-order valence-electron chi connectivity index (χ3n) is 3.21. The van der Waals surface area contributed by atoms with E-state index in [1.54, 1.807) is 7.11 Å². The van der Waals surface area contributed by atoms with Crippen LogP contribution in [-0.4, -0.2) is 26.3 Å². The molecule has 1 heterocycles. The van der Waals surface area contributed by atoms with E-state index < -0.39 is 0 Å². The Morgan fingerprint density at radius 3 is 3.00 bits per heavy atom. The Kier molecular flexibility index (Phi) is 4.22. The maximum absolute atomic E-state index is 6.23. The van der Waals surface area contributed by atoms with Gasteiger partial charge in [0.25, 0.3) is 0 Å². The van der Waals surface area contributed by atoms with Crippen LogP contribution >= 0.6 is 11.6 Å². The topological polar surface area (TPSA) is 21.3 Å². The highest BCUT2D eigenvalue weighted by Crippen LogP contribution is 2.32. The van der Waals surface area contributed by atoms with Crippen LogP contribution in [0, 0.1) is 0 Å². The average Bonchev–Trinajstić information content (AvgIpc) is 2.30. The van der Waals surface area contributed by atoms with Gasteiger partial charge in [0, 0.05) is 18.2 Å². The second-order valence-electron chi connectivity index (χ2n) is 4.35. The van der Waals surface area contributed by atoms with Crippen LogP contribution in [-0.2, 0) is 4.74 Å². The molecule has 88 valence electrons. The van der Waals surface area contributed by atoms with Crippen LogP contribution in [0.2, 0.25) is 5.02 Å². The zero-order valence-corrected chi connectivity index (χ0v) is 10.3. The van der Waals surface area contributed by atoms with Gasteiger partial charge in [0.05, 0.1) is 6.61 Å². The van der Waals surface area contributed by atoms with Crippen LogP contribution < -0.4 is 5.32 Å². The standard InChI is InChI=1S/C13H18ClNO/c1-16-9-11-8-10(6-7-15-11)12-4-2-3-5-13(12)14/h2-5,10-11,15H,6-9H2,1H3. The van der Waals surface area contributed by atoms with Gasteiger partial charge in [-0.25, -0.2) is 0 Å². The highest BCUT2D eigenvalue weighted by molar-refractivity contribution is 6.31. The fourth-order valence-corrected chi connectivity index (χ4v) is 2.71. The van der Waals surface area contributed by atoms with Crippen molar-refractivity contribution in [1.29, 1.82) is 0 Å². The van der Waals surface area contributed by atoms with Gasteiger partial charge in [-0.3, -0.25) is 0 Å². The van der Waals surface area contributed by atoms with E-state index in [0.717, 1.165) is 31.0 Å². The normalized spacial score (nSPS) is 25.6. The second kappa shape index (κ2) is 5.67. The molecule has 1 N–H and O–H groups in total. The fourth-order valence-electron chi connectivity index (χ4n) is 2.42. The number of nitrogens with one attached hydrogen (secondary N) is 1. The Labute approximate surface area is 102 Å². The number of benzene rings is 1. The fraction of sp³-hybridized carbons (Fsp3) is 0.538. The van der Waals surface area contributed by atoms with Gasteiger partial charge < -0.3 is 10.1 Å². The van der Waals surface area contributed by atoms with Crippen molar-refractivity contribution in [1.82, 2.24) is 5.32 Å². The van der Waals surface area contributed by atoms with Gasteiger partial charge in [-0.05, 0) is 36.9 Å². The zero-order chi connectivity index (χ0) is 11.4. The molecule has 0 aromatic heterocycles. The van der Waals surface area contributed by atoms with Gasteiger partial charge in [-0.15, -0.1) is 0 Å². The number of piperidine rings is 1. The maximum atomic E-state index is 6.23. The first-order valence-electron chi connectivity index (χ1n) is 5.78. The molecule has 0 radical (unpaired) electrons. The molecule has 2 rings (SSSR count). The molecule has 0 aliphatic carbocycles. The zero-order valence-electron chi connectivity index (χ0n) is 9.58. The Bertz CT molecular complexity index is 340. The van der Waals surface area contributed by atoms with Gasteiger partial charge >= 0.3 is 0 Å². The van der Waals surface area contributed by atoms with Crippen molar-refractivity contribution < 1.29 is 4.74 Å². The summed E-state index contributed by atoms with van der Waals surface area (Å²) < 4.78 is 5.20. The monoisotopic (exact) mass is 239 g/mol. The maximum Gasteiger partial charge on any atom is 0.0616 e. The number of methoxy groups -OCH3 is 1. The molecule has 0 bridgehead atoms. The summed E-state index contributed by atoms with van der Waals surface area (Å²) in [5, 5.41) is 4.37. The summed E-state index contributed by atoms with van der Waals surface area (Å²) in [5.74, 6) is 0.565. The lowest BCUT2D eigenvalue weighted by molar-refractivity contribution is 0.149. The van der Waals surface area contributed by atoms with E-state index in [0.29, 0.717) is 12.0 Å². The van der Waals surface area contributed by atoms with Crippen molar-refractivity contribution in [2.45, 2.75) is 24.8 Å². The van der Waals surface area contributed by atoms with Crippen molar-refractivity contribution in [3.63, 3.8) is 0 Å². The first kappa shape index (κ1) is 11.9. The Hall–Kier alpha value is -0.570. The van der Waals surface area contributed by atoms with Crippen LogP contribution in [0.3, 0.4) is 0 Å². The van der Waals surface area contributed by atoms with Crippen molar-refractivity contribution in [3.05, 3.63) is 34.9 Å². The molecule has 0 saturated carbocycles. The quantitative estimate of drug-likeness (QED) is 0.876. The van der Waals surface area contributed by atoms with Gasteiger partial charge in [0.15, 0.2) is 0 Å². The summed E-state index contributed by atoms with van der Waals surface area (Å²) in [6.07, 6.45) is 2.27. The summed E-state index contributed by atoms with van der Waals surface area (Å²) in [5.41, 5.74) is 1.28. The van der Waals surface area contributed by atoms with E-state index in [1.807, 2.05) is 12.1 Å². The highest BCUT2D eigenvalue weighted by atomic mass is 35.5. The lowest BCUT2D eigenvalue weighted by Gasteiger charge is -2.30. The summed E-state index contributed by atoms with van der Waals surface area (Å²) in [4.78, 5) is 0. The van der Waals surface area contributed by atoms with Crippen LogP contribution in [0.4, 0.5) is 0 Å². The summed E-state index contributed by atoms with van der Waals surface area (Å²) >= 11 is 6.23. The Morgan fingerprint density at radius 2 is 2.25 bits per heavy atom. The lowest BCUT2D eigenvalue weighted by atomic mass is 9.86. The molecule has 1 aromatic rings. The summed E-state index contributed by atoms with van der Waals surface area (Å²) in [6, 6.07) is 8.63. The van der Waals surface area contributed by atoms with Gasteiger partial charge in [0.2, 0.25) is 0 Å². The molecule has 1 fully saturated rings. The van der Waals surface area contributed by atoms with Crippen molar-refractivity contribution in [2.24, 2.45) is 0 Å². The minimum absolute atomic E-state index is 0.458. The van der Waals surface area contributed by atoms with Gasteiger partial charge in [-0.1, -0.05) is 29.8 Å². The molecule has 1 aromatic carbocycles. The lowest BCUT2D eigenvalue weighted by Crippen LogP contribution is -2.40. The second-order valence-corrected chi connectivity index (χ2v) is 4.76. The predicted octanol–water partition coefficient (Wildman–Crippen LogP) is 2.82. The third kappa shape index (κ3) is 2.76. The van der Waals surface area contributed by atoms with E-state index in [2.05, 4.69) is 17.4 Å². The van der Waals surface area contributed by atoms with Crippen LogP contribution in [0.1, 0.15) is 24.3 Å². The number of ether oxygens (including phenoxy) is 1. The van der Waals surface area contributed by atoms with Gasteiger partial charge in [0.1, 0.15) is 0 Å². The minimum Gasteiger partial charge on any atom is -0.383 e. The molecule has 2 atom stereocenters. The van der Waals surface area contributed by atoms with E-state index in [9.17, 15) is 0 Å². The van der Waals surface area contributed by atoms with E-state index >= 15 is 0 Å². The molecule has 16 heavy (non-hydrogen) atoms. The first-order chi connectivity index (χ1) is 7.81. The average molecular weight is 240 g/mol. The number of hydrogen-bond acceptors (Lipinski definition) is 2. The highest BCUT2D eigenvalue weighted by Gasteiger charge is 2.23.